The second-order valence-corrected chi connectivity index (χ2v) is 10.3. The van der Waals surface area contributed by atoms with Crippen LogP contribution in [0.3, 0.4) is 0 Å². The monoisotopic (exact) mass is 609 g/mol. The number of amides is 3. The summed E-state index contributed by atoms with van der Waals surface area (Å²) in [7, 11) is 1.28. The third kappa shape index (κ3) is 8.83. The van der Waals surface area contributed by atoms with Gasteiger partial charge in [0, 0.05) is 21.7 Å². The van der Waals surface area contributed by atoms with Crippen LogP contribution in [0.1, 0.15) is 33.2 Å². The van der Waals surface area contributed by atoms with Crippen molar-refractivity contribution in [2.75, 3.05) is 30.1 Å². The fourth-order valence-corrected chi connectivity index (χ4v) is 4.73. The van der Waals surface area contributed by atoms with Crippen molar-refractivity contribution in [3.63, 3.8) is 0 Å². The molecule has 3 amide bonds. The molecule has 4 aromatic rings. The van der Waals surface area contributed by atoms with Crippen molar-refractivity contribution >= 4 is 52.9 Å². The van der Waals surface area contributed by atoms with Gasteiger partial charge in [0.15, 0.2) is 0 Å². The standard InChI is InChI=1S/C34H31N3O6S/c1-3-43-30-16-10-7-13-24(30)21-29(37-32(39)23-11-5-4-6-12-23)33(40)35-25-17-19-26(20-18-25)44-22-31(38)36-28-15-9-8-14-27(28)34(41)42-2/h4-21H,3,22H2,1-2H3,(H,35,40)(H,36,38)(H,37,39)/b29-21-. The van der Waals surface area contributed by atoms with Crippen molar-refractivity contribution in [3.05, 3.63) is 126 Å². The van der Waals surface area contributed by atoms with Crippen LogP contribution in [0, 0.1) is 0 Å². The minimum absolute atomic E-state index is 0.0355. The predicted octanol–water partition coefficient (Wildman–Crippen LogP) is 6.01. The van der Waals surface area contributed by atoms with Gasteiger partial charge in [-0.1, -0.05) is 48.5 Å². The summed E-state index contributed by atoms with van der Waals surface area (Å²) in [6.45, 7) is 2.30. The highest BCUT2D eigenvalue weighted by Gasteiger charge is 2.17. The molecule has 0 aromatic heterocycles. The van der Waals surface area contributed by atoms with Gasteiger partial charge in [0.1, 0.15) is 11.4 Å². The molecule has 4 aromatic carbocycles. The molecule has 0 aliphatic carbocycles. The summed E-state index contributed by atoms with van der Waals surface area (Å²) in [6, 6.07) is 29.4. The molecule has 44 heavy (non-hydrogen) atoms. The van der Waals surface area contributed by atoms with E-state index < -0.39 is 17.8 Å². The fourth-order valence-electron chi connectivity index (χ4n) is 4.03. The topological polar surface area (TPSA) is 123 Å². The van der Waals surface area contributed by atoms with Gasteiger partial charge in [0.25, 0.3) is 11.8 Å². The van der Waals surface area contributed by atoms with Crippen LogP contribution >= 0.6 is 11.8 Å². The number of rotatable bonds is 12. The molecule has 0 atom stereocenters. The zero-order valence-corrected chi connectivity index (χ0v) is 25.0. The van der Waals surface area contributed by atoms with Gasteiger partial charge in [-0.3, -0.25) is 14.4 Å². The summed E-state index contributed by atoms with van der Waals surface area (Å²) in [5.41, 5.74) is 2.20. The van der Waals surface area contributed by atoms with Crippen molar-refractivity contribution in [2.24, 2.45) is 0 Å². The third-order valence-corrected chi connectivity index (χ3v) is 7.15. The van der Waals surface area contributed by atoms with E-state index in [-0.39, 0.29) is 22.9 Å². The number of carbonyl (C=O) groups excluding carboxylic acids is 4. The first kappa shape index (κ1) is 31.6. The normalized spacial score (nSPS) is 10.8. The molecular weight excluding hydrogens is 578 g/mol. The van der Waals surface area contributed by atoms with Crippen molar-refractivity contribution in [1.29, 1.82) is 0 Å². The number of para-hydroxylation sites is 2. The minimum Gasteiger partial charge on any atom is -0.493 e. The number of ether oxygens (including phenoxy) is 2. The molecular formula is C34H31N3O6S. The Balaban J connectivity index is 1.43. The maximum absolute atomic E-state index is 13.4. The van der Waals surface area contributed by atoms with Gasteiger partial charge in [-0.15, -0.1) is 11.8 Å². The molecule has 0 fully saturated rings. The maximum Gasteiger partial charge on any atom is 0.339 e. The van der Waals surface area contributed by atoms with Gasteiger partial charge in [0.05, 0.1) is 30.7 Å². The maximum atomic E-state index is 13.4. The predicted molar refractivity (Wildman–Crippen MR) is 172 cm³/mol. The Labute approximate surface area is 259 Å². The van der Waals surface area contributed by atoms with E-state index in [1.165, 1.54) is 18.9 Å². The zero-order chi connectivity index (χ0) is 31.3. The molecule has 3 N–H and O–H groups in total. The summed E-state index contributed by atoms with van der Waals surface area (Å²) in [4.78, 5) is 51.6. The van der Waals surface area contributed by atoms with Crippen molar-refractivity contribution in [3.8, 4) is 5.75 Å². The van der Waals surface area contributed by atoms with E-state index in [4.69, 9.17) is 9.47 Å². The number of nitrogens with one attached hydrogen (secondary N) is 3. The molecule has 0 aliphatic heterocycles. The second-order valence-electron chi connectivity index (χ2n) is 9.20. The molecule has 10 heteroatoms. The van der Waals surface area contributed by atoms with Gasteiger partial charge >= 0.3 is 5.97 Å². The van der Waals surface area contributed by atoms with Crippen LogP contribution in [0.4, 0.5) is 11.4 Å². The lowest BCUT2D eigenvalue weighted by atomic mass is 10.1. The average molecular weight is 610 g/mol. The Morgan fingerprint density at radius 2 is 1.48 bits per heavy atom. The minimum atomic E-state index is -0.540. The van der Waals surface area contributed by atoms with E-state index in [0.717, 1.165) is 4.90 Å². The van der Waals surface area contributed by atoms with Gasteiger partial charge in [-0.25, -0.2) is 4.79 Å². The molecule has 0 saturated carbocycles. The van der Waals surface area contributed by atoms with Gasteiger partial charge in [0.2, 0.25) is 5.91 Å². The van der Waals surface area contributed by atoms with Gasteiger partial charge in [-0.05, 0) is 67.6 Å². The van der Waals surface area contributed by atoms with E-state index in [1.54, 1.807) is 97.1 Å². The lowest BCUT2D eigenvalue weighted by Crippen LogP contribution is -2.30. The van der Waals surface area contributed by atoms with Crippen LogP contribution < -0.4 is 20.7 Å². The highest BCUT2D eigenvalue weighted by atomic mass is 32.2. The van der Waals surface area contributed by atoms with E-state index in [2.05, 4.69) is 16.0 Å². The lowest BCUT2D eigenvalue weighted by Gasteiger charge is -2.13. The smallest absolute Gasteiger partial charge is 0.339 e. The molecule has 9 nitrogen and oxygen atoms in total. The quantitative estimate of drug-likeness (QED) is 0.102. The Bertz CT molecular complexity index is 1660. The SMILES string of the molecule is CCOc1ccccc1/C=C(\NC(=O)c1ccccc1)C(=O)Nc1ccc(SCC(=O)Nc2ccccc2C(=O)OC)cc1. The largest absolute Gasteiger partial charge is 0.493 e. The van der Waals surface area contributed by atoms with E-state index in [9.17, 15) is 19.2 Å². The number of anilines is 2. The first-order valence-corrected chi connectivity index (χ1v) is 14.7. The molecule has 0 heterocycles. The molecule has 0 unspecified atom stereocenters. The van der Waals surface area contributed by atoms with Crippen LogP contribution in [-0.2, 0) is 14.3 Å². The molecule has 0 spiro atoms. The Morgan fingerprint density at radius 3 is 2.20 bits per heavy atom. The summed E-state index contributed by atoms with van der Waals surface area (Å²) in [5.74, 6) is -1.11. The first-order valence-electron chi connectivity index (χ1n) is 13.7. The highest BCUT2D eigenvalue weighted by molar-refractivity contribution is 8.00. The molecule has 0 radical (unpaired) electrons. The number of benzene rings is 4. The van der Waals surface area contributed by atoms with Crippen LogP contribution in [0.5, 0.6) is 5.75 Å². The van der Waals surface area contributed by atoms with Gasteiger partial charge < -0.3 is 25.4 Å². The first-order chi connectivity index (χ1) is 21.4. The van der Waals surface area contributed by atoms with Crippen LogP contribution in [0.2, 0.25) is 0 Å². The molecule has 0 bridgehead atoms. The summed E-state index contributed by atoms with van der Waals surface area (Å²) in [6.07, 6.45) is 1.57. The summed E-state index contributed by atoms with van der Waals surface area (Å²) < 4.78 is 10.5. The van der Waals surface area contributed by atoms with Crippen molar-refractivity contribution < 1.29 is 28.7 Å². The molecule has 224 valence electrons. The Kier molecular flexibility index (Phi) is 11.3. The summed E-state index contributed by atoms with van der Waals surface area (Å²) in [5, 5.41) is 8.29. The Hall–Kier alpha value is -5.35. The zero-order valence-electron chi connectivity index (χ0n) is 24.2. The molecule has 4 rings (SSSR count). The van der Waals surface area contributed by atoms with E-state index in [0.29, 0.717) is 34.9 Å². The fraction of sp³-hybridized carbons (Fsp3) is 0.118. The second kappa shape index (κ2) is 15.8. The molecule has 0 saturated heterocycles. The number of esters is 1. The van der Waals surface area contributed by atoms with Crippen molar-refractivity contribution in [1.82, 2.24) is 5.32 Å². The molecule has 0 aliphatic rings. The number of hydrogen-bond donors (Lipinski definition) is 3. The highest BCUT2D eigenvalue weighted by Crippen LogP contribution is 2.24. The van der Waals surface area contributed by atoms with E-state index in [1.807, 2.05) is 19.1 Å². The van der Waals surface area contributed by atoms with Crippen molar-refractivity contribution in [2.45, 2.75) is 11.8 Å². The van der Waals surface area contributed by atoms with Crippen LogP contribution in [0.25, 0.3) is 6.08 Å². The Morgan fingerprint density at radius 1 is 0.795 bits per heavy atom. The average Bonchev–Trinajstić information content (AvgIpc) is 3.05. The number of carbonyl (C=O) groups is 4. The number of thioether (sulfide) groups is 1. The number of hydrogen-bond acceptors (Lipinski definition) is 7. The third-order valence-electron chi connectivity index (χ3n) is 6.14. The van der Waals surface area contributed by atoms with Gasteiger partial charge in [-0.2, -0.15) is 0 Å². The van der Waals surface area contributed by atoms with Crippen LogP contribution in [0.15, 0.2) is 114 Å². The van der Waals surface area contributed by atoms with E-state index >= 15 is 0 Å². The lowest BCUT2D eigenvalue weighted by molar-refractivity contribution is -0.114. The number of methoxy groups -OCH3 is 1. The summed E-state index contributed by atoms with van der Waals surface area (Å²) >= 11 is 1.29. The van der Waals surface area contributed by atoms with Crippen LogP contribution in [-0.4, -0.2) is 43.2 Å².